The molecule has 11 aromatic carbocycles. The van der Waals surface area contributed by atoms with Gasteiger partial charge in [-0.1, -0.05) is 237 Å². The highest BCUT2D eigenvalue weighted by Gasteiger charge is 2.51. The quantitative estimate of drug-likeness (QED) is 0.147. The Kier molecular flexibility index (Phi) is 9.47. The molecule has 68 heavy (non-hydrogen) atoms. The van der Waals surface area contributed by atoms with Crippen molar-refractivity contribution < 1.29 is 0 Å². The molecule has 0 atom stereocenters. The number of benzene rings is 11. The van der Waals surface area contributed by atoms with Gasteiger partial charge in [-0.2, -0.15) is 0 Å². The van der Waals surface area contributed by atoms with Crippen LogP contribution in [0.1, 0.15) is 22.3 Å². The van der Waals surface area contributed by atoms with Crippen LogP contribution in [0.25, 0.3) is 77.9 Å². The first kappa shape index (κ1) is 39.6. The van der Waals surface area contributed by atoms with Gasteiger partial charge in [0, 0.05) is 17.1 Å². The Labute approximate surface area is 398 Å². The lowest BCUT2D eigenvalue weighted by Crippen LogP contribution is -2.26. The minimum absolute atomic E-state index is 0.460. The molecule has 0 saturated heterocycles. The van der Waals surface area contributed by atoms with Gasteiger partial charge in [-0.3, -0.25) is 0 Å². The molecule has 0 N–H and O–H groups in total. The van der Waals surface area contributed by atoms with Crippen molar-refractivity contribution in [1.82, 2.24) is 0 Å². The van der Waals surface area contributed by atoms with Gasteiger partial charge in [0.05, 0.1) is 5.41 Å². The number of anilines is 3. The van der Waals surface area contributed by atoms with E-state index in [0.717, 1.165) is 22.6 Å². The summed E-state index contributed by atoms with van der Waals surface area (Å²) in [6.07, 6.45) is 0. The van der Waals surface area contributed by atoms with Gasteiger partial charge in [-0.25, -0.2) is 0 Å². The molecule has 2 aliphatic carbocycles. The Balaban J connectivity index is 1.03. The zero-order valence-corrected chi connectivity index (χ0v) is 37.4. The van der Waals surface area contributed by atoms with Crippen LogP contribution in [0.5, 0.6) is 0 Å². The van der Waals surface area contributed by atoms with E-state index in [0.29, 0.717) is 0 Å². The van der Waals surface area contributed by atoms with Gasteiger partial charge in [0.25, 0.3) is 0 Å². The third kappa shape index (κ3) is 6.24. The second-order valence-electron chi connectivity index (χ2n) is 17.9. The number of nitrogens with zero attached hydrogens (tertiary/aromatic N) is 1. The second kappa shape index (κ2) is 16.3. The van der Waals surface area contributed by atoms with E-state index in [2.05, 4.69) is 278 Å². The Hall–Kier alpha value is -8.78. The van der Waals surface area contributed by atoms with E-state index in [1.54, 1.807) is 0 Å². The Morgan fingerprint density at radius 3 is 1.18 bits per heavy atom. The predicted octanol–water partition coefficient (Wildman–Crippen LogP) is 17.8. The van der Waals surface area contributed by atoms with E-state index < -0.39 is 5.41 Å². The molecule has 1 spiro atoms. The van der Waals surface area contributed by atoms with E-state index >= 15 is 0 Å². The normalized spacial score (nSPS) is 12.5. The molecule has 1 nitrogen and oxygen atoms in total. The van der Waals surface area contributed by atoms with Crippen LogP contribution in [0.15, 0.2) is 273 Å². The first-order valence-corrected chi connectivity index (χ1v) is 23.6. The van der Waals surface area contributed by atoms with Gasteiger partial charge in [-0.05, 0) is 137 Å². The van der Waals surface area contributed by atoms with Crippen molar-refractivity contribution in [2.24, 2.45) is 0 Å². The van der Waals surface area contributed by atoms with E-state index in [-0.39, 0.29) is 0 Å². The lowest BCUT2D eigenvalue weighted by atomic mass is 9.70. The molecule has 318 valence electrons. The molecule has 0 heterocycles. The summed E-state index contributed by atoms with van der Waals surface area (Å²) in [6, 6.07) is 101. The number of hydrogen-bond donors (Lipinski definition) is 0. The van der Waals surface area contributed by atoms with Crippen molar-refractivity contribution in [2.75, 3.05) is 4.90 Å². The fourth-order valence-electron chi connectivity index (χ4n) is 11.4. The summed E-state index contributed by atoms with van der Waals surface area (Å²) in [7, 11) is 0. The Morgan fingerprint density at radius 1 is 0.206 bits per heavy atom. The summed E-state index contributed by atoms with van der Waals surface area (Å²) in [5, 5.41) is 0. The van der Waals surface area contributed by atoms with E-state index in [1.807, 2.05) is 0 Å². The molecule has 13 rings (SSSR count). The van der Waals surface area contributed by atoms with Gasteiger partial charge in [0.2, 0.25) is 0 Å². The number of hydrogen-bond acceptors (Lipinski definition) is 1. The highest BCUT2D eigenvalue weighted by molar-refractivity contribution is 6.01. The number of rotatable bonds is 8. The molecule has 11 aromatic rings. The van der Waals surface area contributed by atoms with Crippen LogP contribution in [0.2, 0.25) is 0 Å². The van der Waals surface area contributed by atoms with Crippen LogP contribution in [-0.2, 0) is 5.41 Å². The van der Waals surface area contributed by atoms with Gasteiger partial charge < -0.3 is 4.90 Å². The van der Waals surface area contributed by atoms with E-state index in [1.165, 1.54) is 94.6 Å². The SMILES string of the molecule is c1ccc(-c2ccc(N(c3cccc(-c4cccc(-c5ccccc5)c4-c4ccccc4-c4ccccc4)c3)c3ccc4c(c3)C3(c5ccccc5-c5ccccc53)c3ccccc3-4)cc2)cc1. The fraction of sp³-hybridized carbons (Fsp3) is 0.0149. The molecule has 1 heteroatoms. The largest absolute Gasteiger partial charge is 0.310 e. The second-order valence-corrected chi connectivity index (χ2v) is 17.9. The molecule has 0 fully saturated rings. The van der Waals surface area contributed by atoms with Crippen molar-refractivity contribution in [3.63, 3.8) is 0 Å². The van der Waals surface area contributed by atoms with Crippen LogP contribution in [-0.4, -0.2) is 0 Å². The van der Waals surface area contributed by atoms with E-state index in [4.69, 9.17) is 0 Å². The molecule has 0 saturated carbocycles. The fourth-order valence-corrected chi connectivity index (χ4v) is 11.4. The molecule has 0 bridgehead atoms. The minimum atomic E-state index is -0.460. The number of fused-ring (bicyclic) bond motifs is 10. The van der Waals surface area contributed by atoms with Crippen molar-refractivity contribution in [3.8, 4) is 77.9 Å². The summed E-state index contributed by atoms with van der Waals surface area (Å²) in [4.78, 5) is 2.46. The van der Waals surface area contributed by atoms with Crippen LogP contribution in [0, 0.1) is 0 Å². The Morgan fingerprint density at radius 2 is 0.588 bits per heavy atom. The monoisotopic (exact) mass is 863 g/mol. The maximum absolute atomic E-state index is 2.49. The maximum Gasteiger partial charge on any atom is 0.0726 e. The zero-order valence-electron chi connectivity index (χ0n) is 37.4. The summed E-state index contributed by atoms with van der Waals surface area (Å²) >= 11 is 0. The highest BCUT2D eigenvalue weighted by atomic mass is 15.1. The first-order valence-electron chi connectivity index (χ1n) is 23.6. The van der Waals surface area contributed by atoms with Gasteiger partial charge in [0.15, 0.2) is 0 Å². The van der Waals surface area contributed by atoms with Crippen molar-refractivity contribution in [1.29, 1.82) is 0 Å². The summed E-state index contributed by atoms with van der Waals surface area (Å²) in [6.45, 7) is 0. The van der Waals surface area contributed by atoms with Crippen molar-refractivity contribution >= 4 is 17.1 Å². The smallest absolute Gasteiger partial charge is 0.0726 e. The lowest BCUT2D eigenvalue weighted by molar-refractivity contribution is 0.793. The predicted molar refractivity (Wildman–Crippen MR) is 285 cm³/mol. The molecular formula is C67H45N. The Bertz CT molecular complexity index is 3600. The molecule has 0 amide bonds. The van der Waals surface area contributed by atoms with Crippen molar-refractivity contribution in [3.05, 3.63) is 295 Å². The third-order valence-electron chi connectivity index (χ3n) is 14.3. The minimum Gasteiger partial charge on any atom is -0.310 e. The maximum atomic E-state index is 2.49. The zero-order chi connectivity index (χ0) is 45.0. The standard InChI is InChI=1S/C67H45N/c1-4-20-46(21-5-1)47-38-40-51(41-39-47)68(53-42-43-60-59-31-14-17-37-64(59)67(65(60)45-53)62-35-15-12-29-57(62)58-30-13-16-36-63(58)67)52-27-18-26-50(44-52)56-34-19-33-55(49-24-8-3-9-25-49)66(56)61-32-11-10-28-54(61)48-22-6-2-7-23-48/h1-45H. The highest BCUT2D eigenvalue weighted by Crippen LogP contribution is 2.63. The average Bonchev–Trinajstić information content (AvgIpc) is 3.89. The van der Waals surface area contributed by atoms with Crippen LogP contribution >= 0.6 is 0 Å². The first-order chi connectivity index (χ1) is 33.8. The lowest BCUT2D eigenvalue weighted by Gasteiger charge is -2.32. The summed E-state index contributed by atoms with van der Waals surface area (Å²) < 4.78 is 0. The molecular weight excluding hydrogens is 819 g/mol. The molecule has 2 aliphatic rings. The molecule has 0 unspecified atom stereocenters. The van der Waals surface area contributed by atoms with E-state index in [9.17, 15) is 0 Å². The topological polar surface area (TPSA) is 3.24 Å². The van der Waals surface area contributed by atoms with Crippen LogP contribution in [0.3, 0.4) is 0 Å². The van der Waals surface area contributed by atoms with Crippen LogP contribution < -0.4 is 4.90 Å². The molecule has 0 radical (unpaired) electrons. The van der Waals surface area contributed by atoms with Gasteiger partial charge >= 0.3 is 0 Å². The van der Waals surface area contributed by atoms with Gasteiger partial charge in [-0.15, -0.1) is 0 Å². The average molecular weight is 864 g/mol. The summed E-state index contributed by atoms with van der Waals surface area (Å²) in [5.41, 5.74) is 25.2. The molecule has 0 aliphatic heterocycles. The molecule has 0 aromatic heterocycles. The van der Waals surface area contributed by atoms with Crippen LogP contribution in [0.4, 0.5) is 17.1 Å². The van der Waals surface area contributed by atoms with Gasteiger partial charge in [0.1, 0.15) is 0 Å². The third-order valence-corrected chi connectivity index (χ3v) is 14.3. The summed E-state index contributed by atoms with van der Waals surface area (Å²) in [5.74, 6) is 0. The van der Waals surface area contributed by atoms with Crippen molar-refractivity contribution in [2.45, 2.75) is 5.41 Å².